The molecular weight excluding hydrogens is 362 g/mol. The van der Waals surface area contributed by atoms with Gasteiger partial charge in [-0.05, 0) is 47.6 Å². The van der Waals surface area contributed by atoms with Gasteiger partial charge in [0.15, 0.2) is 5.11 Å². The number of methoxy groups -OCH3 is 1. The molecule has 0 aliphatic rings. The summed E-state index contributed by atoms with van der Waals surface area (Å²) in [5.41, 5.74) is 4.89. The highest BCUT2D eigenvalue weighted by Crippen LogP contribution is 2.11. The van der Waals surface area contributed by atoms with Crippen LogP contribution in [0.25, 0.3) is 0 Å². The van der Waals surface area contributed by atoms with Crippen molar-refractivity contribution in [3.63, 3.8) is 0 Å². The van der Waals surface area contributed by atoms with Crippen LogP contribution in [0.1, 0.15) is 11.1 Å². The number of halogens is 1. The van der Waals surface area contributed by atoms with Crippen LogP contribution in [0.4, 0.5) is 0 Å². The molecule has 114 valence electrons. The van der Waals surface area contributed by atoms with Crippen molar-refractivity contribution in [3.05, 3.63) is 64.1 Å². The zero-order chi connectivity index (χ0) is 15.8. The maximum atomic E-state index is 5.17. The SMILES string of the molecule is COc1ccc(CNC(=S)N/N=C\c2cccc(Br)c2)cc1. The summed E-state index contributed by atoms with van der Waals surface area (Å²) >= 11 is 8.59. The molecule has 0 aliphatic carbocycles. The zero-order valence-electron chi connectivity index (χ0n) is 12.0. The molecule has 0 fully saturated rings. The summed E-state index contributed by atoms with van der Waals surface area (Å²) in [7, 11) is 1.65. The third kappa shape index (κ3) is 5.46. The number of hydrazone groups is 1. The van der Waals surface area contributed by atoms with Crippen LogP contribution in [0.5, 0.6) is 5.75 Å². The molecule has 0 heterocycles. The Balaban J connectivity index is 1.77. The summed E-state index contributed by atoms with van der Waals surface area (Å²) in [4.78, 5) is 0. The van der Waals surface area contributed by atoms with Gasteiger partial charge in [0.1, 0.15) is 5.75 Å². The fraction of sp³-hybridized carbons (Fsp3) is 0.125. The van der Waals surface area contributed by atoms with E-state index in [9.17, 15) is 0 Å². The molecule has 22 heavy (non-hydrogen) atoms. The highest BCUT2D eigenvalue weighted by molar-refractivity contribution is 9.10. The van der Waals surface area contributed by atoms with Gasteiger partial charge in [0.2, 0.25) is 0 Å². The molecule has 2 rings (SSSR count). The molecule has 2 N–H and O–H groups in total. The maximum absolute atomic E-state index is 5.17. The topological polar surface area (TPSA) is 45.6 Å². The Morgan fingerprint density at radius 3 is 2.73 bits per heavy atom. The minimum Gasteiger partial charge on any atom is -0.497 e. The molecule has 2 aromatic carbocycles. The minimum absolute atomic E-state index is 0.474. The number of nitrogens with one attached hydrogen (secondary N) is 2. The highest BCUT2D eigenvalue weighted by Gasteiger charge is 1.96. The molecule has 0 spiro atoms. The number of ether oxygens (including phenoxy) is 1. The van der Waals surface area contributed by atoms with Crippen LogP contribution in [-0.4, -0.2) is 18.4 Å². The third-order valence-electron chi connectivity index (χ3n) is 2.84. The van der Waals surface area contributed by atoms with E-state index in [0.29, 0.717) is 11.7 Å². The normalized spacial score (nSPS) is 10.5. The first-order chi connectivity index (χ1) is 10.7. The van der Waals surface area contributed by atoms with Gasteiger partial charge in [0.25, 0.3) is 0 Å². The van der Waals surface area contributed by atoms with Crippen LogP contribution in [0.3, 0.4) is 0 Å². The van der Waals surface area contributed by atoms with E-state index in [2.05, 4.69) is 31.8 Å². The zero-order valence-corrected chi connectivity index (χ0v) is 14.4. The van der Waals surface area contributed by atoms with E-state index in [0.717, 1.165) is 21.3 Å². The average Bonchev–Trinajstić information content (AvgIpc) is 2.53. The van der Waals surface area contributed by atoms with Crippen LogP contribution in [0.15, 0.2) is 58.1 Å². The van der Waals surface area contributed by atoms with Crippen LogP contribution in [0, 0.1) is 0 Å². The van der Waals surface area contributed by atoms with Gasteiger partial charge >= 0.3 is 0 Å². The van der Waals surface area contributed by atoms with Gasteiger partial charge < -0.3 is 10.1 Å². The van der Waals surface area contributed by atoms with Gasteiger partial charge in [-0.25, -0.2) is 0 Å². The molecule has 2 aromatic rings. The molecule has 0 aliphatic heterocycles. The summed E-state index contributed by atoms with van der Waals surface area (Å²) in [6.07, 6.45) is 1.71. The van der Waals surface area contributed by atoms with Gasteiger partial charge in [0, 0.05) is 11.0 Å². The first kappa shape index (κ1) is 16.5. The van der Waals surface area contributed by atoms with Crippen molar-refractivity contribution >= 4 is 39.5 Å². The van der Waals surface area contributed by atoms with Gasteiger partial charge in [-0.3, -0.25) is 5.43 Å². The quantitative estimate of drug-likeness (QED) is 0.475. The van der Waals surface area contributed by atoms with E-state index in [4.69, 9.17) is 17.0 Å². The van der Waals surface area contributed by atoms with Crippen molar-refractivity contribution in [1.82, 2.24) is 10.7 Å². The second-order valence-corrected chi connectivity index (χ2v) is 5.78. The van der Waals surface area contributed by atoms with Gasteiger partial charge in [0.05, 0.1) is 13.3 Å². The van der Waals surface area contributed by atoms with E-state index >= 15 is 0 Å². The summed E-state index contributed by atoms with van der Waals surface area (Å²) in [5.74, 6) is 0.836. The fourth-order valence-electron chi connectivity index (χ4n) is 1.72. The molecule has 0 aromatic heterocycles. The predicted molar refractivity (Wildman–Crippen MR) is 97.3 cm³/mol. The third-order valence-corrected chi connectivity index (χ3v) is 3.57. The number of benzene rings is 2. The van der Waals surface area contributed by atoms with E-state index in [1.807, 2.05) is 48.5 Å². The largest absolute Gasteiger partial charge is 0.497 e. The summed E-state index contributed by atoms with van der Waals surface area (Å²) in [5, 5.41) is 7.67. The van der Waals surface area contributed by atoms with Crippen LogP contribution in [0.2, 0.25) is 0 Å². The van der Waals surface area contributed by atoms with Crippen molar-refractivity contribution in [1.29, 1.82) is 0 Å². The van der Waals surface area contributed by atoms with E-state index < -0.39 is 0 Å². The Hall–Kier alpha value is -1.92. The maximum Gasteiger partial charge on any atom is 0.187 e. The Morgan fingerprint density at radius 2 is 2.05 bits per heavy atom. The molecule has 0 radical (unpaired) electrons. The minimum atomic E-state index is 0.474. The van der Waals surface area contributed by atoms with Crippen LogP contribution in [-0.2, 0) is 6.54 Å². The summed E-state index contributed by atoms with van der Waals surface area (Å²) < 4.78 is 6.13. The second kappa shape index (κ2) is 8.51. The van der Waals surface area contributed by atoms with Gasteiger partial charge in [-0.2, -0.15) is 5.10 Å². The molecule has 0 saturated heterocycles. The first-order valence-corrected chi connectivity index (χ1v) is 7.83. The Labute approximate surface area is 143 Å². The molecular formula is C16H16BrN3OS. The number of thiocarbonyl (C=S) groups is 1. The lowest BCUT2D eigenvalue weighted by Gasteiger charge is -2.07. The van der Waals surface area contributed by atoms with Crippen molar-refractivity contribution in [2.24, 2.45) is 5.10 Å². The number of hydrogen-bond donors (Lipinski definition) is 2. The van der Waals surface area contributed by atoms with Crippen molar-refractivity contribution in [3.8, 4) is 5.75 Å². The Morgan fingerprint density at radius 1 is 1.27 bits per heavy atom. The molecule has 6 heteroatoms. The number of rotatable bonds is 5. The lowest BCUT2D eigenvalue weighted by atomic mass is 10.2. The Bertz CT molecular complexity index is 659. The standard InChI is InChI=1S/C16H16BrN3OS/c1-21-15-7-5-12(6-8-15)10-18-16(22)20-19-11-13-3-2-4-14(17)9-13/h2-9,11H,10H2,1H3,(H2,18,20,22)/b19-11-. The predicted octanol–water partition coefficient (Wildman–Crippen LogP) is 3.46. The number of nitrogens with zero attached hydrogens (tertiary/aromatic N) is 1. The second-order valence-electron chi connectivity index (χ2n) is 4.46. The average molecular weight is 378 g/mol. The van der Waals surface area contributed by atoms with Gasteiger partial charge in [-0.1, -0.05) is 40.2 Å². The molecule has 0 bridgehead atoms. The molecule has 0 unspecified atom stereocenters. The lowest BCUT2D eigenvalue weighted by molar-refractivity contribution is 0.414. The molecule has 0 atom stereocenters. The summed E-state index contributed by atoms with van der Waals surface area (Å²) in [6, 6.07) is 15.6. The van der Waals surface area contributed by atoms with E-state index in [1.54, 1.807) is 13.3 Å². The van der Waals surface area contributed by atoms with Crippen molar-refractivity contribution < 1.29 is 4.74 Å². The monoisotopic (exact) mass is 377 g/mol. The lowest BCUT2D eigenvalue weighted by Crippen LogP contribution is -2.31. The fourth-order valence-corrected chi connectivity index (χ4v) is 2.26. The van der Waals surface area contributed by atoms with E-state index in [-0.39, 0.29) is 0 Å². The highest BCUT2D eigenvalue weighted by atomic mass is 79.9. The molecule has 4 nitrogen and oxygen atoms in total. The first-order valence-electron chi connectivity index (χ1n) is 6.63. The summed E-state index contributed by atoms with van der Waals surface area (Å²) in [6.45, 7) is 0.627. The molecule has 0 saturated carbocycles. The van der Waals surface area contributed by atoms with Crippen LogP contribution < -0.4 is 15.5 Å². The Kier molecular flexibility index (Phi) is 6.36. The van der Waals surface area contributed by atoms with Crippen molar-refractivity contribution in [2.75, 3.05) is 7.11 Å². The smallest absolute Gasteiger partial charge is 0.187 e. The number of hydrogen-bond acceptors (Lipinski definition) is 3. The van der Waals surface area contributed by atoms with Gasteiger partial charge in [-0.15, -0.1) is 0 Å². The van der Waals surface area contributed by atoms with Crippen molar-refractivity contribution in [2.45, 2.75) is 6.54 Å². The van der Waals surface area contributed by atoms with Crippen LogP contribution >= 0.6 is 28.1 Å². The molecule has 0 amide bonds. The van der Waals surface area contributed by atoms with E-state index in [1.165, 1.54) is 0 Å².